The van der Waals surface area contributed by atoms with Crippen molar-refractivity contribution >= 4 is 5.91 Å². The highest BCUT2D eigenvalue weighted by atomic mass is 19.4. The molecule has 1 aromatic rings. The lowest BCUT2D eigenvalue weighted by molar-refractivity contribution is -0.137. The maximum absolute atomic E-state index is 12.5. The largest absolute Gasteiger partial charge is 0.416 e. The summed E-state index contributed by atoms with van der Waals surface area (Å²) in [4.78, 5) is 13.2. The summed E-state index contributed by atoms with van der Waals surface area (Å²) in [5.74, 6) is -0.516. The van der Waals surface area contributed by atoms with E-state index in [0.29, 0.717) is 6.54 Å². The van der Waals surface area contributed by atoms with Crippen LogP contribution in [0.15, 0.2) is 24.3 Å². The molecule has 1 N–H and O–H groups in total. The smallest absolute Gasteiger partial charge is 0.395 e. The number of hydrogen-bond donors (Lipinski definition) is 1. The second kappa shape index (κ2) is 5.86. The van der Waals surface area contributed by atoms with Crippen molar-refractivity contribution in [3.63, 3.8) is 0 Å². The monoisotopic (exact) mass is 261 g/mol. The van der Waals surface area contributed by atoms with Gasteiger partial charge in [0.25, 0.3) is 5.91 Å². The molecule has 100 valence electrons. The van der Waals surface area contributed by atoms with Crippen LogP contribution in [0.25, 0.3) is 0 Å². The van der Waals surface area contributed by atoms with Crippen LogP contribution in [0.1, 0.15) is 22.8 Å². The first-order valence-electron chi connectivity index (χ1n) is 5.47. The lowest BCUT2D eigenvalue weighted by atomic mass is 10.1. The molecule has 0 saturated carbocycles. The Balaban J connectivity index is 2.99. The van der Waals surface area contributed by atoms with Gasteiger partial charge >= 0.3 is 6.18 Å². The number of amides is 1. The van der Waals surface area contributed by atoms with Gasteiger partial charge in [0, 0.05) is 18.7 Å². The third-order valence-electron chi connectivity index (χ3n) is 2.48. The molecule has 0 radical (unpaired) electrons. The van der Waals surface area contributed by atoms with Crippen LogP contribution >= 0.6 is 0 Å². The fraction of sp³-hybridized carbons (Fsp3) is 0.417. The zero-order chi connectivity index (χ0) is 13.8. The summed E-state index contributed by atoms with van der Waals surface area (Å²) < 4.78 is 37.5. The molecule has 6 heteroatoms. The third kappa shape index (κ3) is 3.46. The number of alkyl halides is 3. The molecule has 1 amide bonds. The van der Waals surface area contributed by atoms with E-state index in [4.69, 9.17) is 5.11 Å². The van der Waals surface area contributed by atoms with E-state index < -0.39 is 17.6 Å². The Hall–Kier alpha value is -1.56. The van der Waals surface area contributed by atoms with Crippen LogP contribution in [-0.2, 0) is 6.18 Å². The van der Waals surface area contributed by atoms with E-state index in [1.165, 1.54) is 17.0 Å². The van der Waals surface area contributed by atoms with Crippen molar-refractivity contribution in [1.82, 2.24) is 4.90 Å². The van der Waals surface area contributed by atoms with Crippen LogP contribution in [0.5, 0.6) is 0 Å². The van der Waals surface area contributed by atoms with Crippen LogP contribution < -0.4 is 0 Å². The molecule has 1 rings (SSSR count). The number of aliphatic hydroxyl groups excluding tert-OH is 1. The maximum Gasteiger partial charge on any atom is 0.416 e. The molecule has 0 aliphatic rings. The van der Waals surface area contributed by atoms with Crippen LogP contribution in [0.3, 0.4) is 0 Å². The molecule has 18 heavy (non-hydrogen) atoms. The van der Waals surface area contributed by atoms with Crippen molar-refractivity contribution < 1.29 is 23.1 Å². The van der Waals surface area contributed by atoms with Crippen molar-refractivity contribution in [2.45, 2.75) is 13.1 Å². The Morgan fingerprint density at radius 2 is 2.06 bits per heavy atom. The van der Waals surface area contributed by atoms with E-state index in [1.54, 1.807) is 6.92 Å². The Kier molecular flexibility index (Phi) is 4.72. The van der Waals surface area contributed by atoms with Crippen molar-refractivity contribution in [2.75, 3.05) is 19.7 Å². The molecule has 0 aromatic heterocycles. The highest BCUT2D eigenvalue weighted by Gasteiger charge is 2.31. The minimum atomic E-state index is -4.47. The van der Waals surface area contributed by atoms with Crippen LogP contribution in [0.2, 0.25) is 0 Å². The van der Waals surface area contributed by atoms with Crippen LogP contribution in [0.4, 0.5) is 13.2 Å². The number of benzene rings is 1. The standard InChI is InChI=1S/C12H14F3NO2/c1-2-16(6-7-17)11(18)9-4-3-5-10(8-9)12(13,14)15/h3-5,8,17H,2,6-7H2,1H3. The average molecular weight is 261 g/mol. The molecule has 0 aliphatic heterocycles. The predicted molar refractivity (Wildman–Crippen MR) is 60.1 cm³/mol. The summed E-state index contributed by atoms with van der Waals surface area (Å²) in [5, 5.41) is 8.77. The molecule has 0 fully saturated rings. The van der Waals surface area contributed by atoms with Crippen molar-refractivity contribution in [1.29, 1.82) is 0 Å². The van der Waals surface area contributed by atoms with E-state index in [-0.39, 0.29) is 18.7 Å². The van der Waals surface area contributed by atoms with Crippen LogP contribution in [0, 0.1) is 0 Å². The van der Waals surface area contributed by atoms with Gasteiger partial charge in [0.2, 0.25) is 0 Å². The number of halogens is 3. The molecule has 0 heterocycles. The normalized spacial score (nSPS) is 11.4. The lowest BCUT2D eigenvalue weighted by Gasteiger charge is -2.20. The highest BCUT2D eigenvalue weighted by molar-refractivity contribution is 5.94. The van der Waals surface area contributed by atoms with E-state index in [0.717, 1.165) is 12.1 Å². The summed E-state index contributed by atoms with van der Waals surface area (Å²) in [6.45, 7) is 1.90. The van der Waals surface area contributed by atoms with Gasteiger partial charge in [0.15, 0.2) is 0 Å². The lowest BCUT2D eigenvalue weighted by Crippen LogP contribution is -2.33. The number of likely N-dealkylation sites (N-methyl/N-ethyl adjacent to an activating group) is 1. The number of carbonyl (C=O) groups is 1. The maximum atomic E-state index is 12.5. The Morgan fingerprint density at radius 3 is 2.56 bits per heavy atom. The first-order valence-corrected chi connectivity index (χ1v) is 5.47. The molecule has 0 spiro atoms. The van der Waals surface area contributed by atoms with Crippen molar-refractivity contribution in [2.24, 2.45) is 0 Å². The van der Waals surface area contributed by atoms with E-state index in [1.807, 2.05) is 0 Å². The SMILES string of the molecule is CCN(CCO)C(=O)c1cccc(C(F)(F)F)c1. The summed E-state index contributed by atoms with van der Waals surface area (Å²) >= 11 is 0. The van der Waals surface area contributed by atoms with Gasteiger partial charge in [-0.05, 0) is 25.1 Å². The minimum absolute atomic E-state index is 0.0277. The second-order valence-electron chi connectivity index (χ2n) is 3.69. The highest BCUT2D eigenvalue weighted by Crippen LogP contribution is 2.29. The van der Waals surface area contributed by atoms with Gasteiger partial charge in [-0.15, -0.1) is 0 Å². The van der Waals surface area contributed by atoms with Gasteiger partial charge in [-0.3, -0.25) is 4.79 Å². The first-order chi connectivity index (χ1) is 8.40. The van der Waals surface area contributed by atoms with Gasteiger partial charge in [0.1, 0.15) is 0 Å². The van der Waals surface area contributed by atoms with Gasteiger partial charge in [-0.1, -0.05) is 6.07 Å². The number of nitrogens with zero attached hydrogens (tertiary/aromatic N) is 1. The van der Waals surface area contributed by atoms with Gasteiger partial charge in [-0.25, -0.2) is 0 Å². The molecule has 0 atom stereocenters. The van der Waals surface area contributed by atoms with Crippen molar-refractivity contribution in [3.05, 3.63) is 35.4 Å². The quantitative estimate of drug-likeness (QED) is 0.902. The Labute approximate surface area is 103 Å². The zero-order valence-corrected chi connectivity index (χ0v) is 9.87. The fourth-order valence-electron chi connectivity index (χ4n) is 1.54. The molecular formula is C12H14F3NO2. The summed E-state index contributed by atoms with van der Waals surface area (Å²) in [7, 11) is 0. The number of rotatable bonds is 4. The summed E-state index contributed by atoms with van der Waals surface area (Å²) in [6, 6.07) is 4.27. The van der Waals surface area contributed by atoms with Crippen LogP contribution in [-0.4, -0.2) is 35.6 Å². The summed E-state index contributed by atoms with van der Waals surface area (Å²) in [5.41, 5.74) is -0.881. The average Bonchev–Trinajstić information content (AvgIpc) is 2.34. The number of aliphatic hydroxyl groups is 1. The molecule has 1 aromatic carbocycles. The first kappa shape index (κ1) is 14.5. The molecular weight excluding hydrogens is 247 g/mol. The zero-order valence-electron chi connectivity index (χ0n) is 9.87. The predicted octanol–water partition coefficient (Wildman–Crippen LogP) is 2.16. The third-order valence-corrected chi connectivity index (χ3v) is 2.48. The van der Waals surface area contributed by atoms with Crippen molar-refractivity contribution in [3.8, 4) is 0 Å². The van der Waals surface area contributed by atoms with Gasteiger partial charge < -0.3 is 10.0 Å². The van der Waals surface area contributed by atoms with E-state index >= 15 is 0 Å². The van der Waals surface area contributed by atoms with E-state index in [9.17, 15) is 18.0 Å². The van der Waals surface area contributed by atoms with Gasteiger partial charge in [-0.2, -0.15) is 13.2 Å². The van der Waals surface area contributed by atoms with Gasteiger partial charge in [0.05, 0.1) is 12.2 Å². The molecule has 0 bridgehead atoms. The molecule has 0 unspecified atom stereocenters. The number of hydrogen-bond acceptors (Lipinski definition) is 2. The Bertz CT molecular complexity index is 418. The molecule has 0 aliphatic carbocycles. The molecule has 0 saturated heterocycles. The topological polar surface area (TPSA) is 40.5 Å². The minimum Gasteiger partial charge on any atom is -0.395 e. The molecule has 3 nitrogen and oxygen atoms in total. The Morgan fingerprint density at radius 1 is 1.39 bits per heavy atom. The van der Waals surface area contributed by atoms with E-state index in [2.05, 4.69) is 0 Å². The number of carbonyl (C=O) groups excluding carboxylic acids is 1. The summed E-state index contributed by atoms with van der Waals surface area (Å²) in [6.07, 6.45) is -4.47. The fourth-order valence-corrected chi connectivity index (χ4v) is 1.54. The second-order valence-corrected chi connectivity index (χ2v) is 3.69.